The molecule has 4 aromatic rings. The van der Waals surface area contributed by atoms with Crippen LogP contribution in [0.5, 0.6) is 0 Å². The largest absolute Gasteiger partial charge is 0.437 e. The van der Waals surface area contributed by atoms with Crippen LogP contribution in [0, 0.1) is 23.6 Å². The average Bonchev–Trinajstić information content (AvgIpc) is 3.77. The minimum atomic E-state index is -0.519. The number of aromatic nitrogens is 2. The van der Waals surface area contributed by atoms with Crippen molar-refractivity contribution in [1.82, 2.24) is 19.6 Å². The van der Waals surface area contributed by atoms with Gasteiger partial charge in [-0.1, -0.05) is 24.3 Å². The first kappa shape index (κ1) is 31.4. The molecule has 4 heterocycles. The molecule has 3 aromatic carbocycles. The molecule has 48 heavy (non-hydrogen) atoms. The zero-order valence-electron chi connectivity index (χ0n) is 27.0. The number of benzene rings is 3. The van der Waals surface area contributed by atoms with Crippen LogP contribution in [0.4, 0.5) is 10.1 Å². The lowest BCUT2D eigenvalue weighted by Gasteiger charge is -2.29. The van der Waals surface area contributed by atoms with Gasteiger partial charge in [0.05, 0.1) is 17.7 Å². The van der Waals surface area contributed by atoms with Crippen LogP contribution in [0.3, 0.4) is 0 Å². The molecule has 0 saturated carbocycles. The smallest absolute Gasteiger partial charge is 0.388 e. The summed E-state index contributed by atoms with van der Waals surface area (Å²) in [5.74, 6) is -0.439. The third-order valence-corrected chi connectivity index (χ3v) is 9.99. The minimum absolute atomic E-state index is 0.0627. The molecule has 1 atom stereocenters. The highest BCUT2D eigenvalue weighted by atomic mass is 19.1. The number of rotatable bonds is 7. The Morgan fingerprint density at radius 2 is 1.71 bits per heavy atom. The van der Waals surface area contributed by atoms with Crippen molar-refractivity contribution in [2.45, 2.75) is 26.2 Å². The van der Waals surface area contributed by atoms with Gasteiger partial charge in [0.15, 0.2) is 0 Å². The van der Waals surface area contributed by atoms with Gasteiger partial charge in [-0.05, 0) is 98.0 Å². The van der Waals surface area contributed by atoms with Crippen molar-refractivity contribution >= 4 is 28.8 Å². The van der Waals surface area contributed by atoms with E-state index in [1.807, 2.05) is 59.2 Å². The Balaban J connectivity index is 0.957. The van der Waals surface area contributed by atoms with Crippen LogP contribution in [0.15, 0.2) is 82.0 Å². The molecule has 2 fully saturated rings. The molecule has 0 unspecified atom stereocenters. The van der Waals surface area contributed by atoms with Crippen LogP contribution >= 0.6 is 0 Å². The van der Waals surface area contributed by atoms with Crippen LogP contribution in [-0.4, -0.2) is 76.4 Å². The number of anilines is 1. The maximum absolute atomic E-state index is 13.9. The number of hydrogen-bond donors (Lipinski definition) is 1. The van der Waals surface area contributed by atoms with E-state index in [4.69, 9.17) is 9.83 Å². The fraction of sp³-hybridized carbons (Fsp3) is 0.324. The maximum atomic E-state index is 13.9. The van der Waals surface area contributed by atoms with E-state index in [0.717, 1.165) is 45.5 Å². The molecule has 0 radical (unpaired) electrons. The highest BCUT2D eigenvalue weighted by Crippen LogP contribution is 2.42. The number of aryl methyl sites for hydroxylation is 2. The molecular weight excluding hydrogens is 611 g/mol. The molecule has 0 bridgehead atoms. The van der Waals surface area contributed by atoms with Gasteiger partial charge in [0, 0.05) is 55.6 Å². The summed E-state index contributed by atoms with van der Waals surface area (Å²) in [5, 5.41) is 12.8. The van der Waals surface area contributed by atoms with Gasteiger partial charge in [-0.3, -0.25) is 19.9 Å². The summed E-state index contributed by atoms with van der Waals surface area (Å²) >= 11 is 0. The number of carbonyl (C=O) groups is 2. The molecule has 0 aliphatic carbocycles. The van der Waals surface area contributed by atoms with Crippen molar-refractivity contribution in [2.24, 2.45) is 12.5 Å². The number of halogens is 1. The molecule has 3 aliphatic heterocycles. The van der Waals surface area contributed by atoms with Gasteiger partial charge in [-0.25, -0.2) is 9.18 Å². The molecule has 11 heteroatoms. The third-order valence-electron chi connectivity index (χ3n) is 9.99. The Labute approximate surface area is 277 Å². The summed E-state index contributed by atoms with van der Waals surface area (Å²) in [4.78, 5) is 44.7. The lowest BCUT2D eigenvalue weighted by Crippen LogP contribution is -2.43. The quantitative estimate of drug-likeness (QED) is 0.292. The maximum Gasteiger partial charge on any atom is 0.437 e. The zero-order valence-corrected chi connectivity index (χ0v) is 27.0. The summed E-state index contributed by atoms with van der Waals surface area (Å²) in [7, 11) is 1.54. The SMILES string of the molecule is Cc1ccc(N2CC[C@]3(CCN(CC(=O)N4CC=C(c5ccc(-c6nn(C)c(=O)o6)cc5)CC4)C3)C2=O)cc1C(=N)c1ccc(F)cc1. The lowest BCUT2D eigenvalue weighted by atomic mass is 9.85. The minimum Gasteiger partial charge on any atom is -0.388 e. The number of hydrogen-bond acceptors (Lipinski definition) is 7. The summed E-state index contributed by atoms with van der Waals surface area (Å²) < 4.78 is 19.8. The molecule has 1 spiro atoms. The zero-order chi connectivity index (χ0) is 33.6. The Hall–Kier alpha value is -5.16. The molecule has 2 amide bonds. The van der Waals surface area contributed by atoms with Crippen molar-refractivity contribution in [3.8, 4) is 11.5 Å². The highest BCUT2D eigenvalue weighted by molar-refractivity contribution is 6.12. The topological polar surface area (TPSA) is 116 Å². The first-order valence-electron chi connectivity index (χ1n) is 16.2. The Bertz CT molecular complexity index is 2000. The standard InChI is InChI=1S/C37H37FN6O4/c1-24-3-12-30(21-31(24)33(39)27-8-10-29(38)11-9-27)44-20-16-37(35(44)46)15-19-42(23-37)22-32(45)43-17-13-26(14-18-43)25-4-6-28(7-5-25)34-40-41(2)36(47)48-34/h3-13,21,39H,14-20,22-23H2,1-2H3/t37-/m0/s1. The van der Waals surface area contributed by atoms with Crippen molar-refractivity contribution in [3.63, 3.8) is 0 Å². The highest BCUT2D eigenvalue weighted by Gasteiger charge is 2.51. The normalized spacial score (nSPS) is 19.7. The molecule has 7 rings (SSSR count). The second-order valence-corrected chi connectivity index (χ2v) is 13.0. The Morgan fingerprint density at radius 3 is 2.40 bits per heavy atom. The number of amides is 2. The van der Waals surface area contributed by atoms with Crippen LogP contribution in [-0.2, 0) is 16.6 Å². The van der Waals surface area contributed by atoms with Crippen molar-refractivity contribution in [1.29, 1.82) is 5.41 Å². The first-order valence-corrected chi connectivity index (χ1v) is 16.2. The van der Waals surface area contributed by atoms with Gasteiger partial charge in [-0.15, -0.1) is 5.10 Å². The number of nitrogens with one attached hydrogen (secondary N) is 1. The van der Waals surface area contributed by atoms with Crippen molar-refractivity contribution < 1.29 is 18.4 Å². The summed E-state index contributed by atoms with van der Waals surface area (Å²) in [6.45, 7) is 5.19. The molecule has 2 saturated heterocycles. The molecule has 10 nitrogen and oxygen atoms in total. The predicted molar refractivity (Wildman–Crippen MR) is 180 cm³/mol. The number of nitrogens with zero attached hydrogens (tertiary/aromatic N) is 5. The van der Waals surface area contributed by atoms with E-state index in [1.54, 1.807) is 19.2 Å². The first-order chi connectivity index (χ1) is 23.1. The van der Waals surface area contributed by atoms with Crippen LogP contribution in [0.1, 0.15) is 41.5 Å². The van der Waals surface area contributed by atoms with Crippen LogP contribution < -0.4 is 10.7 Å². The van der Waals surface area contributed by atoms with E-state index in [0.29, 0.717) is 50.3 Å². The Morgan fingerprint density at radius 1 is 0.979 bits per heavy atom. The van der Waals surface area contributed by atoms with Gasteiger partial charge in [0.25, 0.3) is 0 Å². The van der Waals surface area contributed by atoms with Gasteiger partial charge in [0.1, 0.15) is 5.82 Å². The molecule has 1 N–H and O–H groups in total. The fourth-order valence-corrected chi connectivity index (χ4v) is 7.10. The lowest BCUT2D eigenvalue weighted by molar-refractivity contribution is -0.132. The molecule has 3 aliphatic rings. The van der Waals surface area contributed by atoms with E-state index in [2.05, 4.69) is 16.1 Å². The Kier molecular flexibility index (Phi) is 8.16. The third kappa shape index (κ3) is 5.90. The predicted octanol–water partition coefficient (Wildman–Crippen LogP) is 4.65. The van der Waals surface area contributed by atoms with Crippen molar-refractivity contribution in [2.75, 3.05) is 44.2 Å². The number of carbonyl (C=O) groups excluding carboxylic acids is 2. The van der Waals surface area contributed by atoms with Crippen molar-refractivity contribution in [3.05, 3.63) is 111 Å². The average molecular weight is 649 g/mol. The van der Waals surface area contributed by atoms with Crippen LogP contribution in [0.25, 0.3) is 17.0 Å². The second-order valence-electron chi connectivity index (χ2n) is 13.0. The van der Waals surface area contributed by atoms with Gasteiger partial charge >= 0.3 is 5.76 Å². The van der Waals surface area contributed by atoms with Gasteiger partial charge in [0.2, 0.25) is 17.7 Å². The molecular formula is C37H37FN6O4. The monoisotopic (exact) mass is 648 g/mol. The summed E-state index contributed by atoms with van der Waals surface area (Å²) in [6, 6.07) is 19.3. The van der Waals surface area contributed by atoms with E-state index in [-0.39, 0.29) is 35.8 Å². The number of likely N-dealkylation sites (tertiary alicyclic amines) is 1. The fourth-order valence-electron chi connectivity index (χ4n) is 7.10. The van der Waals surface area contributed by atoms with E-state index in [1.165, 1.54) is 12.1 Å². The summed E-state index contributed by atoms with van der Waals surface area (Å²) in [6.07, 6.45) is 4.25. The second kappa shape index (κ2) is 12.5. The van der Waals surface area contributed by atoms with E-state index < -0.39 is 11.2 Å². The van der Waals surface area contributed by atoms with E-state index in [9.17, 15) is 18.8 Å². The molecule has 1 aromatic heterocycles. The molecule has 246 valence electrons. The van der Waals surface area contributed by atoms with Crippen LogP contribution in [0.2, 0.25) is 0 Å². The summed E-state index contributed by atoms with van der Waals surface area (Å²) in [5.41, 5.74) is 5.71. The van der Waals surface area contributed by atoms with Gasteiger partial charge < -0.3 is 14.2 Å². The van der Waals surface area contributed by atoms with Gasteiger partial charge in [-0.2, -0.15) is 4.68 Å². The van der Waals surface area contributed by atoms with E-state index >= 15 is 0 Å².